The first-order chi connectivity index (χ1) is 11.1. The van der Waals surface area contributed by atoms with E-state index in [1.165, 1.54) is 12.1 Å². The summed E-state index contributed by atoms with van der Waals surface area (Å²) in [5.74, 6) is 0.464. The van der Waals surface area contributed by atoms with Crippen LogP contribution in [0.3, 0.4) is 0 Å². The van der Waals surface area contributed by atoms with Gasteiger partial charge in [0.25, 0.3) is 0 Å². The molecule has 0 unspecified atom stereocenters. The highest BCUT2D eigenvalue weighted by Gasteiger charge is 2.03. The first kappa shape index (κ1) is 21.3. The molecule has 0 fully saturated rings. The van der Waals surface area contributed by atoms with Crippen LogP contribution in [-0.4, -0.2) is 24.0 Å². The average Bonchev–Trinajstić information content (AvgIpc) is 2.93. The van der Waals surface area contributed by atoms with Crippen molar-refractivity contribution in [1.82, 2.24) is 15.6 Å². The number of hydrogen-bond donors (Lipinski definition) is 2. The number of aliphatic imine (C=N–C) groups is 1. The van der Waals surface area contributed by atoms with Crippen molar-refractivity contribution in [2.24, 2.45) is 4.99 Å². The van der Waals surface area contributed by atoms with E-state index >= 15 is 0 Å². The van der Waals surface area contributed by atoms with Crippen LogP contribution in [0.2, 0.25) is 0 Å². The molecule has 1 aromatic heterocycles. The van der Waals surface area contributed by atoms with Gasteiger partial charge >= 0.3 is 0 Å². The van der Waals surface area contributed by atoms with E-state index in [1.54, 1.807) is 17.4 Å². The molecule has 0 aliphatic carbocycles. The van der Waals surface area contributed by atoms with E-state index in [0.29, 0.717) is 6.54 Å². The minimum Gasteiger partial charge on any atom is -0.357 e. The molecule has 0 aliphatic rings. The zero-order valence-electron chi connectivity index (χ0n) is 13.6. The van der Waals surface area contributed by atoms with Crippen LogP contribution in [-0.2, 0) is 13.0 Å². The zero-order valence-corrected chi connectivity index (χ0v) is 18.3. The number of aromatic nitrogens is 1. The van der Waals surface area contributed by atoms with Crippen LogP contribution in [0.4, 0.5) is 4.39 Å². The van der Waals surface area contributed by atoms with Gasteiger partial charge in [-0.2, -0.15) is 0 Å². The third kappa shape index (κ3) is 7.02. The second-order valence-electron chi connectivity index (χ2n) is 4.97. The predicted molar refractivity (Wildman–Crippen MR) is 113 cm³/mol. The van der Waals surface area contributed by atoms with Gasteiger partial charge < -0.3 is 10.6 Å². The van der Waals surface area contributed by atoms with Gasteiger partial charge in [0, 0.05) is 29.4 Å². The van der Waals surface area contributed by atoms with Gasteiger partial charge in [-0.25, -0.2) is 14.4 Å². The van der Waals surface area contributed by atoms with E-state index < -0.39 is 0 Å². The van der Waals surface area contributed by atoms with Gasteiger partial charge in [-0.05, 0) is 37.6 Å². The van der Waals surface area contributed by atoms with Gasteiger partial charge in [-0.3, -0.25) is 0 Å². The molecule has 8 heteroatoms. The van der Waals surface area contributed by atoms with E-state index in [1.807, 2.05) is 13.8 Å². The number of nitrogens with one attached hydrogen (secondary N) is 2. The number of nitrogens with zero attached hydrogens (tertiary/aromatic N) is 2. The number of thiazole rings is 1. The third-order valence-corrected chi connectivity index (χ3v) is 4.70. The Morgan fingerprint density at radius 3 is 2.83 bits per heavy atom. The highest BCUT2D eigenvalue weighted by atomic mass is 127. The van der Waals surface area contributed by atoms with Gasteiger partial charge in [0.15, 0.2) is 5.96 Å². The van der Waals surface area contributed by atoms with E-state index in [9.17, 15) is 4.39 Å². The van der Waals surface area contributed by atoms with Crippen LogP contribution in [0, 0.1) is 12.7 Å². The Labute approximate surface area is 171 Å². The summed E-state index contributed by atoms with van der Waals surface area (Å²) in [6.07, 6.45) is 0.846. The van der Waals surface area contributed by atoms with Crippen LogP contribution < -0.4 is 10.6 Å². The van der Waals surface area contributed by atoms with Crippen molar-refractivity contribution in [2.45, 2.75) is 26.8 Å². The normalized spacial score (nSPS) is 11.1. The van der Waals surface area contributed by atoms with Crippen LogP contribution in [0.15, 0.2) is 33.0 Å². The zero-order chi connectivity index (χ0) is 16.7. The van der Waals surface area contributed by atoms with Crippen molar-refractivity contribution in [3.63, 3.8) is 0 Å². The fraction of sp³-hybridized carbons (Fsp3) is 0.375. The van der Waals surface area contributed by atoms with Crippen molar-refractivity contribution in [3.05, 3.63) is 50.1 Å². The van der Waals surface area contributed by atoms with E-state index in [4.69, 9.17) is 0 Å². The molecule has 0 bridgehead atoms. The average molecular weight is 527 g/mol. The molecule has 0 saturated carbocycles. The molecular formula is C16H21BrFIN4S. The second-order valence-corrected chi connectivity index (χ2v) is 6.88. The van der Waals surface area contributed by atoms with Crippen LogP contribution in [0.25, 0.3) is 0 Å². The van der Waals surface area contributed by atoms with Crippen molar-refractivity contribution >= 4 is 57.2 Å². The number of benzene rings is 1. The molecule has 0 aliphatic heterocycles. The quantitative estimate of drug-likeness (QED) is 0.336. The molecule has 1 aromatic carbocycles. The summed E-state index contributed by atoms with van der Waals surface area (Å²) in [5, 5.41) is 9.62. The number of guanidine groups is 1. The second kappa shape index (κ2) is 11.0. The van der Waals surface area contributed by atoms with Crippen LogP contribution >= 0.6 is 51.2 Å². The Morgan fingerprint density at radius 1 is 1.38 bits per heavy atom. The minimum atomic E-state index is -0.254. The lowest BCUT2D eigenvalue weighted by molar-refractivity contribution is 0.625. The molecule has 24 heavy (non-hydrogen) atoms. The van der Waals surface area contributed by atoms with Crippen LogP contribution in [0.1, 0.15) is 23.2 Å². The molecule has 0 radical (unpaired) electrons. The summed E-state index contributed by atoms with van der Waals surface area (Å²) in [5.41, 5.74) is 1.90. The number of halogens is 3. The fourth-order valence-corrected chi connectivity index (χ4v) is 3.02. The van der Waals surface area contributed by atoms with Gasteiger partial charge in [0.1, 0.15) is 5.82 Å². The van der Waals surface area contributed by atoms with E-state index in [0.717, 1.165) is 46.2 Å². The summed E-state index contributed by atoms with van der Waals surface area (Å²) in [7, 11) is 0. The maximum Gasteiger partial charge on any atom is 0.191 e. The minimum absolute atomic E-state index is 0. The molecule has 0 saturated heterocycles. The highest BCUT2D eigenvalue weighted by Crippen LogP contribution is 2.18. The Morgan fingerprint density at radius 2 is 2.17 bits per heavy atom. The first-order valence-corrected chi connectivity index (χ1v) is 9.13. The van der Waals surface area contributed by atoms with E-state index in [-0.39, 0.29) is 29.8 Å². The lowest BCUT2D eigenvalue weighted by Crippen LogP contribution is -2.38. The summed E-state index contributed by atoms with van der Waals surface area (Å²) in [4.78, 5) is 8.94. The molecule has 0 atom stereocenters. The first-order valence-electron chi connectivity index (χ1n) is 7.45. The van der Waals surface area contributed by atoms with Gasteiger partial charge in [-0.15, -0.1) is 35.3 Å². The molecule has 132 valence electrons. The van der Waals surface area contributed by atoms with Gasteiger partial charge in [0.05, 0.1) is 17.2 Å². The fourth-order valence-electron chi connectivity index (χ4n) is 2.00. The van der Waals surface area contributed by atoms with Crippen LogP contribution in [0.5, 0.6) is 0 Å². The molecule has 2 aromatic rings. The van der Waals surface area contributed by atoms with Gasteiger partial charge in [-0.1, -0.05) is 15.9 Å². The highest BCUT2D eigenvalue weighted by molar-refractivity contribution is 14.0. The molecular weight excluding hydrogens is 506 g/mol. The Kier molecular flexibility index (Phi) is 9.75. The lowest BCUT2D eigenvalue weighted by atomic mass is 10.2. The maximum atomic E-state index is 13.3. The standard InChI is InChI=1S/C16H20BrFN4S.HI/c1-3-19-16(20-7-6-14-10-23-11(2)22-14)21-9-12-8-13(18)4-5-15(12)17;/h4-5,8,10H,3,6-7,9H2,1-2H3,(H2,19,20,21);1H. The molecule has 1 heterocycles. The Bertz CT molecular complexity index is 678. The molecule has 2 rings (SSSR count). The molecule has 0 spiro atoms. The summed E-state index contributed by atoms with van der Waals surface area (Å²) >= 11 is 5.08. The summed E-state index contributed by atoms with van der Waals surface area (Å²) in [6.45, 7) is 5.94. The summed E-state index contributed by atoms with van der Waals surface area (Å²) in [6, 6.07) is 4.62. The molecule has 4 nitrogen and oxygen atoms in total. The molecule has 0 amide bonds. The Balaban J connectivity index is 0.00000288. The predicted octanol–water partition coefficient (Wildman–Crippen LogP) is 4.27. The monoisotopic (exact) mass is 526 g/mol. The van der Waals surface area contributed by atoms with E-state index in [2.05, 4.69) is 41.9 Å². The smallest absolute Gasteiger partial charge is 0.191 e. The summed E-state index contributed by atoms with van der Waals surface area (Å²) < 4.78 is 14.2. The third-order valence-electron chi connectivity index (χ3n) is 3.10. The number of rotatable bonds is 6. The van der Waals surface area contributed by atoms with Gasteiger partial charge in [0.2, 0.25) is 0 Å². The largest absolute Gasteiger partial charge is 0.357 e. The molecule has 2 N–H and O–H groups in total. The Hall–Kier alpha value is -0.740. The van der Waals surface area contributed by atoms with Crippen molar-refractivity contribution < 1.29 is 4.39 Å². The number of aryl methyl sites for hydroxylation is 1. The topological polar surface area (TPSA) is 49.3 Å². The lowest BCUT2D eigenvalue weighted by Gasteiger charge is -2.11. The van der Waals surface area contributed by atoms with Crippen molar-refractivity contribution in [1.29, 1.82) is 0 Å². The van der Waals surface area contributed by atoms with Crippen molar-refractivity contribution in [3.8, 4) is 0 Å². The number of hydrogen-bond acceptors (Lipinski definition) is 3. The maximum absolute atomic E-state index is 13.3. The van der Waals surface area contributed by atoms with Crippen molar-refractivity contribution in [2.75, 3.05) is 13.1 Å². The SMILES string of the molecule is CCNC(=NCc1cc(F)ccc1Br)NCCc1csc(C)n1.I.